The third-order valence-electron chi connectivity index (χ3n) is 4.72. The maximum atomic E-state index is 10.7. The molecule has 1 aliphatic carbocycles. The van der Waals surface area contributed by atoms with Crippen LogP contribution in [0.3, 0.4) is 0 Å². The molecule has 1 fully saturated rings. The molecular formula is C19H35NO3. The summed E-state index contributed by atoms with van der Waals surface area (Å²) in [4.78, 5) is 10.7. The topological polar surface area (TPSA) is 58.6 Å². The second-order valence-corrected chi connectivity index (χ2v) is 7.68. The summed E-state index contributed by atoms with van der Waals surface area (Å²) in [6, 6.07) is 0. The quantitative estimate of drug-likeness (QED) is 0.488. The lowest BCUT2D eigenvalue weighted by molar-refractivity contribution is -0.137. The van der Waals surface area contributed by atoms with Crippen molar-refractivity contribution in [3.63, 3.8) is 0 Å². The molecule has 1 rings (SSSR count). The molecule has 1 unspecified atom stereocenters. The molecule has 4 heteroatoms. The van der Waals surface area contributed by atoms with Gasteiger partial charge in [-0.1, -0.05) is 39.8 Å². The first-order valence-corrected chi connectivity index (χ1v) is 9.08. The first kappa shape index (κ1) is 20.2. The molecule has 1 saturated carbocycles. The SMILES string of the molecule is CC/C=C\CC(NCCC(=O)O)OC1CCC(C(C)(C)C)CC1. The Hall–Kier alpha value is -0.870. The van der Waals surface area contributed by atoms with Crippen LogP contribution in [0.25, 0.3) is 0 Å². The number of aliphatic carboxylic acids is 1. The van der Waals surface area contributed by atoms with Crippen molar-refractivity contribution in [3.05, 3.63) is 12.2 Å². The Morgan fingerprint density at radius 2 is 1.91 bits per heavy atom. The second-order valence-electron chi connectivity index (χ2n) is 7.68. The van der Waals surface area contributed by atoms with Crippen LogP contribution in [0.4, 0.5) is 0 Å². The average Bonchev–Trinajstić information content (AvgIpc) is 2.46. The molecule has 0 heterocycles. The van der Waals surface area contributed by atoms with Crippen LogP contribution in [0.15, 0.2) is 12.2 Å². The van der Waals surface area contributed by atoms with Gasteiger partial charge in [-0.15, -0.1) is 0 Å². The molecule has 0 bridgehead atoms. The van der Waals surface area contributed by atoms with E-state index in [1.54, 1.807) is 0 Å². The molecule has 0 aliphatic heterocycles. The van der Waals surface area contributed by atoms with Crippen LogP contribution in [-0.4, -0.2) is 30.0 Å². The fourth-order valence-electron chi connectivity index (χ4n) is 3.21. The monoisotopic (exact) mass is 325 g/mol. The number of hydrogen-bond donors (Lipinski definition) is 2. The number of carboxylic acid groups (broad SMARTS) is 1. The molecule has 23 heavy (non-hydrogen) atoms. The van der Waals surface area contributed by atoms with Crippen LogP contribution in [0, 0.1) is 11.3 Å². The van der Waals surface area contributed by atoms with Crippen molar-refractivity contribution < 1.29 is 14.6 Å². The zero-order chi connectivity index (χ0) is 17.3. The highest BCUT2D eigenvalue weighted by Crippen LogP contribution is 2.38. The molecule has 0 radical (unpaired) electrons. The predicted molar refractivity (Wildman–Crippen MR) is 94.4 cm³/mol. The van der Waals surface area contributed by atoms with Crippen molar-refractivity contribution in [2.24, 2.45) is 11.3 Å². The van der Waals surface area contributed by atoms with Crippen LogP contribution in [-0.2, 0) is 9.53 Å². The maximum Gasteiger partial charge on any atom is 0.304 e. The fraction of sp³-hybridized carbons (Fsp3) is 0.842. The van der Waals surface area contributed by atoms with Gasteiger partial charge in [0, 0.05) is 13.0 Å². The Bertz CT molecular complexity index is 365. The molecule has 0 aromatic carbocycles. The van der Waals surface area contributed by atoms with E-state index in [1.807, 2.05) is 0 Å². The van der Waals surface area contributed by atoms with E-state index in [9.17, 15) is 4.79 Å². The van der Waals surface area contributed by atoms with Crippen molar-refractivity contribution in [2.45, 2.75) is 85.0 Å². The number of allylic oxidation sites excluding steroid dienone is 1. The smallest absolute Gasteiger partial charge is 0.304 e. The highest BCUT2D eigenvalue weighted by atomic mass is 16.5. The van der Waals surface area contributed by atoms with Crippen molar-refractivity contribution in [1.29, 1.82) is 0 Å². The first-order chi connectivity index (χ1) is 10.8. The van der Waals surface area contributed by atoms with Gasteiger partial charge in [0.05, 0.1) is 12.5 Å². The van der Waals surface area contributed by atoms with Crippen molar-refractivity contribution >= 4 is 5.97 Å². The van der Waals surface area contributed by atoms with E-state index in [4.69, 9.17) is 9.84 Å². The number of carboxylic acids is 1. The number of carbonyl (C=O) groups is 1. The summed E-state index contributed by atoms with van der Waals surface area (Å²) in [6.07, 6.45) is 11.1. The second kappa shape index (κ2) is 10.1. The van der Waals surface area contributed by atoms with E-state index >= 15 is 0 Å². The number of nitrogens with one attached hydrogen (secondary N) is 1. The molecule has 134 valence electrons. The van der Waals surface area contributed by atoms with Gasteiger partial charge in [-0.25, -0.2) is 0 Å². The van der Waals surface area contributed by atoms with Crippen LogP contribution < -0.4 is 5.32 Å². The highest BCUT2D eigenvalue weighted by molar-refractivity contribution is 5.66. The zero-order valence-corrected chi connectivity index (χ0v) is 15.3. The summed E-state index contributed by atoms with van der Waals surface area (Å²) in [5.41, 5.74) is 0.383. The fourth-order valence-corrected chi connectivity index (χ4v) is 3.21. The Kier molecular flexibility index (Phi) is 8.85. The van der Waals surface area contributed by atoms with E-state index in [-0.39, 0.29) is 12.6 Å². The molecule has 1 atom stereocenters. The molecule has 0 saturated heterocycles. The van der Waals surface area contributed by atoms with E-state index in [2.05, 4.69) is 45.2 Å². The normalized spacial score (nSPS) is 24.0. The van der Waals surface area contributed by atoms with Crippen LogP contribution in [0.5, 0.6) is 0 Å². The summed E-state index contributed by atoms with van der Waals surface area (Å²) >= 11 is 0. The molecule has 0 aromatic heterocycles. The Labute approximate surface area is 141 Å². The van der Waals surface area contributed by atoms with E-state index in [0.717, 1.165) is 31.6 Å². The molecule has 0 spiro atoms. The van der Waals surface area contributed by atoms with Gasteiger partial charge in [-0.2, -0.15) is 0 Å². The summed E-state index contributed by atoms with van der Waals surface area (Å²) < 4.78 is 6.23. The number of rotatable bonds is 9. The van der Waals surface area contributed by atoms with Crippen molar-refractivity contribution in [3.8, 4) is 0 Å². The van der Waals surface area contributed by atoms with Gasteiger partial charge in [0.25, 0.3) is 0 Å². The summed E-state index contributed by atoms with van der Waals surface area (Å²) in [6.45, 7) is 9.54. The summed E-state index contributed by atoms with van der Waals surface area (Å²) in [5, 5.41) is 12.0. The van der Waals surface area contributed by atoms with Gasteiger partial charge >= 0.3 is 5.97 Å². The van der Waals surface area contributed by atoms with Gasteiger partial charge < -0.3 is 9.84 Å². The van der Waals surface area contributed by atoms with Crippen LogP contribution in [0.1, 0.15) is 72.6 Å². The molecule has 2 N–H and O–H groups in total. The molecular weight excluding hydrogens is 290 g/mol. The van der Waals surface area contributed by atoms with Gasteiger partial charge in [-0.05, 0) is 43.4 Å². The van der Waals surface area contributed by atoms with Gasteiger partial charge in [0.1, 0.15) is 6.23 Å². The van der Waals surface area contributed by atoms with E-state index < -0.39 is 5.97 Å². The summed E-state index contributed by atoms with van der Waals surface area (Å²) in [7, 11) is 0. The first-order valence-electron chi connectivity index (χ1n) is 9.08. The van der Waals surface area contributed by atoms with Gasteiger partial charge in [0.15, 0.2) is 0 Å². The molecule has 0 amide bonds. The maximum absolute atomic E-state index is 10.7. The van der Waals surface area contributed by atoms with E-state index in [0.29, 0.717) is 18.1 Å². The van der Waals surface area contributed by atoms with E-state index in [1.165, 1.54) is 12.8 Å². The Morgan fingerprint density at radius 1 is 1.26 bits per heavy atom. The third-order valence-corrected chi connectivity index (χ3v) is 4.72. The minimum atomic E-state index is -0.772. The predicted octanol–water partition coefficient (Wildman–Crippen LogP) is 4.35. The summed E-state index contributed by atoms with van der Waals surface area (Å²) in [5.74, 6) is 0.00629. The largest absolute Gasteiger partial charge is 0.481 e. The number of hydrogen-bond acceptors (Lipinski definition) is 3. The zero-order valence-electron chi connectivity index (χ0n) is 15.3. The minimum absolute atomic E-state index is 0.0756. The number of ether oxygens (including phenoxy) is 1. The lowest BCUT2D eigenvalue weighted by Gasteiger charge is -2.38. The van der Waals surface area contributed by atoms with Gasteiger partial charge in [-0.3, -0.25) is 10.1 Å². The Balaban J connectivity index is 2.43. The van der Waals surface area contributed by atoms with Crippen LogP contribution >= 0.6 is 0 Å². The third kappa shape index (κ3) is 8.52. The van der Waals surface area contributed by atoms with Crippen molar-refractivity contribution in [1.82, 2.24) is 5.32 Å². The lowest BCUT2D eigenvalue weighted by atomic mass is 9.72. The molecule has 1 aliphatic rings. The Morgan fingerprint density at radius 3 is 2.43 bits per heavy atom. The highest BCUT2D eigenvalue weighted by Gasteiger charge is 2.30. The standard InChI is InChI=1S/C19H35NO3/c1-5-6-7-8-17(20-14-13-18(21)22)23-16-11-9-15(10-12-16)19(2,3)4/h6-7,15-17,20H,5,8-14H2,1-4H3,(H,21,22)/b7-6-. The minimum Gasteiger partial charge on any atom is -0.481 e. The molecule has 0 aromatic rings. The lowest BCUT2D eigenvalue weighted by Crippen LogP contribution is -2.38. The van der Waals surface area contributed by atoms with Crippen molar-refractivity contribution in [2.75, 3.05) is 6.54 Å². The molecule has 4 nitrogen and oxygen atoms in total. The van der Waals surface area contributed by atoms with Crippen LogP contribution in [0.2, 0.25) is 0 Å². The average molecular weight is 325 g/mol. The van der Waals surface area contributed by atoms with Gasteiger partial charge in [0.2, 0.25) is 0 Å².